The molecule has 0 radical (unpaired) electrons. The highest BCUT2D eigenvalue weighted by Crippen LogP contribution is 2.36. The maximum atomic E-state index is 6.12. The van der Waals surface area contributed by atoms with Gasteiger partial charge in [-0.2, -0.15) is 0 Å². The lowest BCUT2D eigenvalue weighted by Crippen LogP contribution is -2.40. The van der Waals surface area contributed by atoms with Crippen molar-refractivity contribution in [1.82, 2.24) is 0 Å². The summed E-state index contributed by atoms with van der Waals surface area (Å²) in [7, 11) is -1.60. The molecule has 1 rings (SSSR count). The molecule has 19 heavy (non-hydrogen) atoms. The molecule has 0 aromatic rings. The van der Waals surface area contributed by atoms with Crippen LogP contribution in [0.2, 0.25) is 18.1 Å². The highest BCUT2D eigenvalue weighted by molar-refractivity contribution is 6.74. The third-order valence-electron chi connectivity index (χ3n) is 3.93. The maximum absolute atomic E-state index is 6.12. The lowest BCUT2D eigenvalue weighted by atomic mass is 10.2. The number of hydrogen-bond donors (Lipinski definition) is 0. The molecule has 0 bridgehead atoms. The Morgan fingerprint density at radius 3 is 2.42 bits per heavy atom. The molecule has 1 heterocycles. The molecule has 0 saturated carbocycles. The lowest BCUT2D eigenvalue weighted by Gasteiger charge is -2.36. The van der Waals surface area contributed by atoms with Crippen molar-refractivity contribution in [1.29, 1.82) is 0 Å². The van der Waals surface area contributed by atoms with Crippen molar-refractivity contribution in [2.75, 3.05) is 13.2 Å². The second-order valence-corrected chi connectivity index (χ2v) is 12.0. The molecule has 1 saturated heterocycles. The molecule has 1 aliphatic heterocycles. The molecule has 3 nitrogen and oxygen atoms in total. The highest BCUT2D eigenvalue weighted by Gasteiger charge is 2.36. The van der Waals surface area contributed by atoms with Gasteiger partial charge in [-0.25, -0.2) is 0 Å². The van der Waals surface area contributed by atoms with E-state index in [0.29, 0.717) is 6.61 Å². The molecule has 0 amide bonds. The Bertz CT molecular complexity index is 316. The van der Waals surface area contributed by atoms with Crippen LogP contribution in [0.3, 0.4) is 0 Å². The Morgan fingerprint density at radius 1 is 1.32 bits per heavy atom. The summed E-state index contributed by atoms with van der Waals surface area (Å²) < 4.78 is 17.3. The molecular formula is C15H30O3Si. The monoisotopic (exact) mass is 286 g/mol. The van der Waals surface area contributed by atoms with Gasteiger partial charge in [0.05, 0.1) is 6.61 Å². The Hall–Kier alpha value is -0.163. The summed E-state index contributed by atoms with van der Waals surface area (Å²) in [5.41, 5.74) is 0. The summed E-state index contributed by atoms with van der Waals surface area (Å²) in [6, 6.07) is 0. The van der Waals surface area contributed by atoms with Gasteiger partial charge in [-0.15, -0.1) is 0 Å². The zero-order chi connectivity index (χ0) is 14.7. The summed E-state index contributed by atoms with van der Waals surface area (Å²) in [4.78, 5) is 0. The Balaban J connectivity index is 2.25. The largest absolute Gasteiger partial charge is 0.417 e. The molecule has 1 aliphatic rings. The lowest BCUT2D eigenvalue weighted by molar-refractivity contribution is -0.133. The molecule has 112 valence electrons. The van der Waals surface area contributed by atoms with E-state index in [1.54, 1.807) is 0 Å². The van der Waals surface area contributed by atoms with Crippen molar-refractivity contribution in [2.24, 2.45) is 0 Å². The molecule has 4 heteroatoms. The zero-order valence-corrected chi connectivity index (χ0v) is 14.6. The second kappa shape index (κ2) is 6.08. The third-order valence-corrected chi connectivity index (χ3v) is 8.47. The van der Waals surface area contributed by atoms with Crippen LogP contribution in [-0.4, -0.2) is 33.4 Å². The second-order valence-electron chi connectivity index (χ2n) is 7.19. The first kappa shape index (κ1) is 16.9. The predicted molar refractivity (Wildman–Crippen MR) is 81.8 cm³/mol. The van der Waals surface area contributed by atoms with Gasteiger partial charge in [-0.05, 0) is 38.4 Å². The molecule has 0 unspecified atom stereocenters. The van der Waals surface area contributed by atoms with Crippen LogP contribution in [0.5, 0.6) is 0 Å². The molecular weight excluding hydrogens is 256 g/mol. The van der Waals surface area contributed by atoms with Crippen molar-refractivity contribution in [2.45, 2.75) is 71.1 Å². The van der Waals surface area contributed by atoms with Crippen molar-refractivity contribution >= 4 is 8.32 Å². The summed E-state index contributed by atoms with van der Waals surface area (Å²) in [6.45, 7) is 16.7. The maximum Gasteiger partial charge on any atom is 0.191 e. The van der Waals surface area contributed by atoms with Crippen molar-refractivity contribution in [3.05, 3.63) is 12.2 Å². The summed E-state index contributed by atoms with van der Waals surface area (Å²) >= 11 is 0. The van der Waals surface area contributed by atoms with E-state index in [1.165, 1.54) is 0 Å². The van der Waals surface area contributed by atoms with E-state index >= 15 is 0 Å². The first-order valence-electron chi connectivity index (χ1n) is 7.16. The van der Waals surface area contributed by atoms with Crippen LogP contribution in [-0.2, 0) is 13.9 Å². The minimum atomic E-state index is -1.60. The smallest absolute Gasteiger partial charge is 0.191 e. The fourth-order valence-electron chi connectivity index (χ4n) is 1.66. The van der Waals surface area contributed by atoms with Gasteiger partial charge < -0.3 is 13.9 Å². The van der Waals surface area contributed by atoms with Crippen LogP contribution in [0.15, 0.2) is 12.2 Å². The van der Waals surface area contributed by atoms with Gasteiger partial charge in [-0.1, -0.05) is 32.9 Å². The van der Waals surface area contributed by atoms with Crippen LogP contribution in [0.4, 0.5) is 0 Å². The number of hydrogen-bond acceptors (Lipinski definition) is 3. The standard InChI is InChI=1S/C15H30O3Si/c1-14(2,3)19(6,7)17-11-9-8-10-13-12-16-15(4,5)18-13/h8,10,13H,9,11-12H2,1-7H3/b10-8-/t13-/m0/s1. The third kappa shape index (κ3) is 5.38. The summed E-state index contributed by atoms with van der Waals surface area (Å²) in [6.07, 6.45) is 5.25. The van der Waals surface area contributed by atoms with Gasteiger partial charge in [0.15, 0.2) is 14.1 Å². The fraction of sp³-hybridized carbons (Fsp3) is 0.867. The van der Waals surface area contributed by atoms with E-state index in [2.05, 4.69) is 46.0 Å². The van der Waals surface area contributed by atoms with Crippen molar-refractivity contribution in [3.63, 3.8) is 0 Å². The molecule has 0 aliphatic carbocycles. The Labute approximate surface area is 119 Å². The predicted octanol–water partition coefficient (Wildman–Crippen LogP) is 4.11. The van der Waals surface area contributed by atoms with Crippen molar-refractivity contribution in [3.8, 4) is 0 Å². The number of rotatable bonds is 5. The molecule has 0 aromatic carbocycles. The summed E-state index contributed by atoms with van der Waals surface area (Å²) in [5.74, 6) is -0.438. The van der Waals surface area contributed by atoms with Gasteiger partial charge in [0.2, 0.25) is 0 Å². The first-order chi connectivity index (χ1) is 8.54. The first-order valence-corrected chi connectivity index (χ1v) is 10.1. The SMILES string of the molecule is CC1(C)OC[C@H](/C=C\CCO[Si](C)(C)C(C)(C)C)O1. The highest BCUT2D eigenvalue weighted by atomic mass is 28.4. The van der Waals surface area contributed by atoms with Crippen molar-refractivity contribution < 1.29 is 13.9 Å². The average Bonchev–Trinajstić information content (AvgIpc) is 2.56. The minimum Gasteiger partial charge on any atom is -0.417 e. The molecule has 0 spiro atoms. The minimum absolute atomic E-state index is 0.0860. The van der Waals surface area contributed by atoms with E-state index in [9.17, 15) is 0 Å². The van der Waals surface area contributed by atoms with E-state index in [1.807, 2.05) is 13.8 Å². The van der Waals surface area contributed by atoms with Crippen LogP contribution in [0.25, 0.3) is 0 Å². The zero-order valence-electron chi connectivity index (χ0n) is 13.6. The number of ether oxygens (including phenoxy) is 2. The van der Waals surface area contributed by atoms with Gasteiger partial charge in [0, 0.05) is 6.61 Å². The van der Waals surface area contributed by atoms with Gasteiger partial charge in [0.1, 0.15) is 6.10 Å². The molecule has 0 N–H and O–H groups in total. The van der Waals surface area contributed by atoms with Crippen LogP contribution in [0, 0.1) is 0 Å². The van der Waals surface area contributed by atoms with Gasteiger partial charge in [0.25, 0.3) is 0 Å². The van der Waals surface area contributed by atoms with E-state index < -0.39 is 14.1 Å². The average molecular weight is 286 g/mol. The molecule has 0 aromatic heterocycles. The fourth-order valence-corrected chi connectivity index (χ4v) is 2.72. The van der Waals surface area contributed by atoms with E-state index in [4.69, 9.17) is 13.9 Å². The topological polar surface area (TPSA) is 27.7 Å². The van der Waals surface area contributed by atoms with Gasteiger partial charge in [-0.3, -0.25) is 0 Å². The Morgan fingerprint density at radius 2 is 1.95 bits per heavy atom. The molecule has 1 atom stereocenters. The quantitative estimate of drug-likeness (QED) is 0.432. The van der Waals surface area contributed by atoms with Crippen LogP contribution >= 0.6 is 0 Å². The Kier molecular flexibility index (Phi) is 5.41. The normalized spacial score (nSPS) is 24.3. The van der Waals surface area contributed by atoms with Crippen LogP contribution in [0.1, 0.15) is 41.0 Å². The summed E-state index contributed by atoms with van der Waals surface area (Å²) in [5, 5.41) is 0.281. The van der Waals surface area contributed by atoms with E-state index in [0.717, 1.165) is 13.0 Å². The van der Waals surface area contributed by atoms with Gasteiger partial charge >= 0.3 is 0 Å². The van der Waals surface area contributed by atoms with E-state index in [-0.39, 0.29) is 11.1 Å². The van der Waals surface area contributed by atoms with Crippen LogP contribution < -0.4 is 0 Å². The molecule has 1 fully saturated rings.